The summed E-state index contributed by atoms with van der Waals surface area (Å²) in [7, 11) is 1.46. The van der Waals surface area contributed by atoms with Crippen LogP contribution >= 0.6 is 0 Å². The summed E-state index contributed by atoms with van der Waals surface area (Å²) in [5, 5.41) is 0. The number of hydrogen-bond acceptors (Lipinski definition) is 6. The second-order valence-corrected chi connectivity index (χ2v) is 4.13. The van der Waals surface area contributed by atoms with Crippen LogP contribution in [0.3, 0.4) is 0 Å². The number of aromatic nitrogens is 5. The standard InChI is InChI=1S/C13H11FN6O/c1-21-8-2-3-9(10(14)6-8)11-17-12(15)19-13(18-11)20-5-4-16-7-20/h2-7H,1H3,(H2,15,17,18,19). The lowest BCUT2D eigenvalue weighted by Crippen LogP contribution is -2.07. The van der Waals surface area contributed by atoms with E-state index in [-0.39, 0.29) is 23.3 Å². The van der Waals surface area contributed by atoms with E-state index in [1.165, 1.54) is 25.6 Å². The van der Waals surface area contributed by atoms with Crippen LogP contribution in [0.2, 0.25) is 0 Å². The predicted octanol–water partition coefficient (Wildman–Crippen LogP) is 1.45. The van der Waals surface area contributed by atoms with Gasteiger partial charge in [0, 0.05) is 18.5 Å². The molecule has 21 heavy (non-hydrogen) atoms. The van der Waals surface area contributed by atoms with Gasteiger partial charge < -0.3 is 10.5 Å². The van der Waals surface area contributed by atoms with Gasteiger partial charge in [0.2, 0.25) is 11.9 Å². The van der Waals surface area contributed by atoms with Crippen LogP contribution in [0.1, 0.15) is 0 Å². The lowest BCUT2D eigenvalue weighted by Gasteiger charge is -2.07. The number of halogens is 1. The van der Waals surface area contributed by atoms with Gasteiger partial charge in [-0.1, -0.05) is 0 Å². The highest BCUT2D eigenvalue weighted by molar-refractivity contribution is 5.58. The van der Waals surface area contributed by atoms with Crippen LogP contribution in [-0.2, 0) is 0 Å². The quantitative estimate of drug-likeness (QED) is 0.783. The van der Waals surface area contributed by atoms with Crippen molar-refractivity contribution in [2.45, 2.75) is 0 Å². The number of hydrogen-bond donors (Lipinski definition) is 1. The van der Waals surface area contributed by atoms with E-state index in [1.54, 1.807) is 23.0 Å². The Balaban J connectivity index is 2.10. The van der Waals surface area contributed by atoms with Crippen molar-refractivity contribution in [3.05, 3.63) is 42.7 Å². The van der Waals surface area contributed by atoms with Crippen LogP contribution in [0.25, 0.3) is 17.3 Å². The number of nitrogens with zero attached hydrogens (tertiary/aromatic N) is 5. The summed E-state index contributed by atoms with van der Waals surface area (Å²) >= 11 is 0. The van der Waals surface area contributed by atoms with Gasteiger partial charge in [0.25, 0.3) is 0 Å². The molecule has 0 radical (unpaired) electrons. The lowest BCUT2D eigenvalue weighted by atomic mass is 10.2. The molecule has 0 aliphatic rings. The van der Waals surface area contributed by atoms with E-state index in [2.05, 4.69) is 19.9 Å². The number of anilines is 1. The second kappa shape index (κ2) is 5.16. The van der Waals surface area contributed by atoms with Crippen LogP contribution in [0.5, 0.6) is 5.75 Å². The number of ether oxygens (including phenoxy) is 1. The van der Waals surface area contributed by atoms with E-state index in [1.807, 2.05) is 0 Å². The van der Waals surface area contributed by atoms with Crippen molar-refractivity contribution in [1.82, 2.24) is 24.5 Å². The summed E-state index contributed by atoms with van der Waals surface area (Å²) in [6.07, 6.45) is 4.75. The van der Waals surface area contributed by atoms with Gasteiger partial charge in [-0.3, -0.25) is 4.57 Å². The van der Waals surface area contributed by atoms with Gasteiger partial charge in [-0.2, -0.15) is 15.0 Å². The summed E-state index contributed by atoms with van der Waals surface area (Å²) < 4.78 is 20.6. The molecule has 2 aromatic heterocycles. The topological polar surface area (TPSA) is 91.7 Å². The van der Waals surface area contributed by atoms with Gasteiger partial charge in [-0.05, 0) is 12.1 Å². The number of benzene rings is 1. The number of nitrogens with two attached hydrogens (primary N) is 1. The van der Waals surface area contributed by atoms with Crippen molar-refractivity contribution in [1.29, 1.82) is 0 Å². The molecule has 7 nitrogen and oxygen atoms in total. The molecule has 0 saturated heterocycles. The maximum Gasteiger partial charge on any atom is 0.240 e. The molecule has 3 rings (SSSR count). The van der Waals surface area contributed by atoms with Gasteiger partial charge in [-0.15, -0.1) is 0 Å². The fraction of sp³-hybridized carbons (Fsp3) is 0.0769. The number of methoxy groups -OCH3 is 1. The van der Waals surface area contributed by atoms with Gasteiger partial charge in [-0.25, -0.2) is 9.37 Å². The first-order chi connectivity index (χ1) is 10.2. The third-order valence-electron chi connectivity index (χ3n) is 2.79. The highest BCUT2D eigenvalue weighted by atomic mass is 19.1. The Labute approximate surface area is 119 Å². The molecule has 0 aliphatic heterocycles. The van der Waals surface area contributed by atoms with Crippen LogP contribution in [0, 0.1) is 5.82 Å². The zero-order valence-corrected chi connectivity index (χ0v) is 11.1. The molecular weight excluding hydrogens is 275 g/mol. The summed E-state index contributed by atoms with van der Waals surface area (Å²) in [5.41, 5.74) is 5.88. The third-order valence-corrected chi connectivity index (χ3v) is 2.79. The Morgan fingerprint density at radius 2 is 2.10 bits per heavy atom. The van der Waals surface area contributed by atoms with Gasteiger partial charge >= 0.3 is 0 Å². The molecular formula is C13H11FN6O. The Hall–Kier alpha value is -3.03. The molecule has 2 heterocycles. The summed E-state index contributed by atoms with van der Waals surface area (Å²) in [6, 6.07) is 4.40. The molecule has 1 aromatic carbocycles. The van der Waals surface area contributed by atoms with Gasteiger partial charge in [0.1, 0.15) is 17.9 Å². The zero-order valence-electron chi connectivity index (χ0n) is 11.1. The van der Waals surface area contributed by atoms with Gasteiger partial charge in [0.15, 0.2) is 5.82 Å². The first kappa shape index (κ1) is 13.0. The van der Waals surface area contributed by atoms with Crippen molar-refractivity contribution in [3.63, 3.8) is 0 Å². The van der Waals surface area contributed by atoms with Crippen molar-refractivity contribution in [3.8, 4) is 23.1 Å². The Morgan fingerprint density at radius 1 is 1.24 bits per heavy atom. The molecule has 8 heteroatoms. The molecule has 0 fully saturated rings. The second-order valence-electron chi connectivity index (χ2n) is 4.13. The van der Waals surface area contributed by atoms with Crippen LogP contribution in [0.15, 0.2) is 36.9 Å². The Morgan fingerprint density at radius 3 is 2.76 bits per heavy atom. The molecule has 106 valence electrons. The molecule has 0 saturated carbocycles. The minimum Gasteiger partial charge on any atom is -0.497 e. The molecule has 0 amide bonds. The van der Waals surface area contributed by atoms with E-state index in [4.69, 9.17) is 10.5 Å². The maximum absolute atomic E-state index is 14.1. The van der Waals surface area contributed by atoms with Crippen LogP contribution < -0.4 is 10.5 Å². The fourth-order valence-electron chi connectivity index (χ4n) is 1.80. The average molecular weight is 286 g/mol. The van der Waals surface area contributed by atoms with E-state index in [9.17, 15) is 4.39 Å². The van der Waals surface area contributed by atoms with E-state index in [0.717, 1.165) is 0 Å². The normalized spacial score (nSPS) is 10.6. The number of nitrogen functional groups attached to an aromatic ring is 1. The van der Waals surface area contributed by atoms with Crippen molar-refractivity contribution >= 4 is 5.95 Å². The lowest BCUT2D eigenvalue weighted by molar-refractivity contribution is 0.411. The monoisotopic (exact) mass is 286 g/mol. The minimum atomic E-state index is -0.503. The van der Waals surface area contributed by atoms with E-state index < -0.39 is 5.82 Å². The molecule has 0 aliphatic carbocycles. The molecule has 0 atom stereocenters. The highest BCUT2D eigenvalue weighted by Crippen LogP contribution is 2.24. The Bertz CT molecular complexity index is 774. The van der Waals surface area contributed by atoms with E-state index in [0.29, 0.717) is 5.75 Å². The minimum absolute atomic E-state index is 0.00100. The van der Waals surface area contributed by atoms with Crippen LogP contribution in [-0.4, -0.2) is 31.6 Å². The van der Waals surface area contributed by atoms with Gasteiger partial charge in [0.05, 0.1) is 12.7 Å². The maximum atomic E-state index is 14.1. The number of imidazole rings is 1. The highest BCUT2D eigenvalue weighted by Gasteiger charge is 2.13. The van der Waals surface area contributed by atoms with Crippen LogP contribution in [0.4, 0.5) is 10.3 Å². The summed E-state index contributed by atoms with van der Waals surface area (Å²) in [4.78, 5) is 16.1. The molecule has 0 unspecified atom stereocenters. The molecule has 2 N–H and O–H groups in total. The summed E-state index contributed by atoms with van der Waals surface area (Å²) in [5.74, 6) is 0.320. The smallest absolute Gasteiger partial charge is 0.240 e. The van der Waals surface area contributed by atoms with E-state index >= 15 is 0 Å². The molecule has 0 bridgehead atoms. The largest absolute Gasteiger partial charge is 0.497 e. The first-order valence-electron chi connectivity index (χ1n) is 6.01. The SMILES string of the molecule is COc1ccc(-c2nc(N)nc(-n3ccnc3)n2)c(F)c1. The zero-order chi connectivity index (χ0) is 14.8. The first-order valence-corrected chi connectivity index (χ1v) is 6.01. The molecule has 0 spiro atoms. The van der Waals surface area contributed by atoms with Crippen molar-refractivity contribution in [2.75, 3.05) is 12.8 Å². The van der Waals surface area contributed by atoms with Crippen molar-refractivity contribution in [2.24, 2.45) is 0 Å². The Kier molecular flexibility index (Phi) is 3.19. The summed E-state index contributed by atoms with van der Waals surface area (Å²) in [6.45, 7) is 0. The van der Waals surface area contributed by atoms with Crippen molar-refractivity contribution < 1.29 is 9.13 Å². The fourth-order valence-corrected chi connectivity index (χ4v) is 1.80. The molecule has 3 aromatic rings. The average Bonchev–Trinajstić information content (AvgIpc) is 3.00. The number of rotatable bonds is 3. The predicted molar refractivity (Wildman–Crippen MR) is 73.3 cm³/mol. The third kappa shape index (κ3) is 2.50.